The van der Waals surface area contributed by atoms with Gasteiger partial charge in [-0.15, -0.1) is 10.2 Å². The Bertz CT molecular complexity index is 518. The highest BCUT2D eigenvalue weighted by Gasteiger charge is 2.38. The zero-order valence-electron chi connectivity index (χ0n) is 13.1. The molecule has 1 aliphatic carbocycles. The van der Waals surface area contributed by atoms with Crippen LogP contribution in [0.3, 0.4) is 0 Å². The Balaban J connectivity index is 1.66. The molecule has 0 radical (unpaired) electrons. The van der Waals surface area contributed by atoms with Crippen molar-refractivity contribution in [3.8, 4) is 0 Å². The van der Waals surface area contributed by atoms with E-state index in [4.69, 9.17) is 0 Å². The second kappa shape index (κ2) is 5.65. The summed E-state index contributed by atoms with van der Waals surface area (Å²) in [6.07, 6.45) is 5.82. The number of anilines is 1. The lowest BCUT2D eigenvalue weighted by Crippen LogP contribution is -2.48. The molecule has 116 valence electrons. The van der Waals surface area contributed by atoms with Gasteiger partial charge in [0.2, 0.25) is 11.0 Å². The van der Waals surface area contributed by atoms with E-state index in [2.05, 4.69) is 41.2 Å². The van der Waals surface area contributed by atoms with Gasteiger partial charge in [-0.25, -0.2) is 0 Å². The predicted octanol–water partition coefficient (Wildman–Crippen LogP) is 2.79. The standard InChI is InChI=1S/C15H24N4OS/c1-15(2,3)13-17-18-14(21-13)16-12(20)11-6-4-5-9-19(11)10-7-8-10/h10-11H,4-9H2,1-3H3,(H,16,18,20)/t11-/m0/s1. The fourth-order valence-electron chi connectivity index (χ4n) is 2.84. The number of aromatic nitrogens is 2. The lowest BCUT2D eigenvalue weighted by molar-refractivity contribution is -0.122. The van der Waals surface area contributed by atoms with E-state index < -0.39 is 0 Å². The van der Waals surface area contributed by atoms with E-state index >= 15 is 0 Å². The van der Waals surface area contributed by atoms with Gasteiger partial charge in [0.1, 0.15) is 5.01 Å². The average molecular weight is 308 g/mol. The number of nitrogens with zero attached hydrogens (tertiary/aromatic N) is 3. The Kier molecular flexibility index (Phi) is 4.01. The topological polar surface area (TPSA) is 58.1 Å². The van der Waals surface area contributed by atoms with Gasteiger partial charge in [0, 0.05) is 11.5 Å². The maximum absolute atomic E-state index is 12.6. The second-order valence-electron chi connectivity index (χ2n) is 7.13. The van der Waals surface area contributed by atoms with Gasteiger partial charge in [-0.1, -0.05) is 38.5 Å². The Morgan fingerprint density at radius 1 is 1.24 bits per heavy atom. The van der Waals surface area contributed by atoms with E-state index in [-0.39, 0.29) is 17.4 Å². The number of amides is 1. The molecule has 0 spiro atoms. The SMILES string of the molecule is CC(C)(C)c1nnc(NC(=O)[C@@H]2CCCCN2C2CC2)s1. The van der Waals surface area contributed by atoms with Crippen LogP contribution >= 0.6 is 11.3 Å². The summed E-state index contributed by atoms with van der Waals surface area (Å²) >= 11 is 1.48. The van der Waals surface area contributed by atoms with Crippen molar-refractivity contribution in [1.82, 2.24) is 15.1 Å². The highest BCUT2D eigenvalue weighted by atomic mass is 32.1. The number of piperidine rings is 1. The molecule has 0 aromatic carbocycles. The molecule has 1 aromatic rings. The molecule has 1 amide bonds. The molecule has 1 saturated carbocycles. The fourth-order valence-corrected chi connectivity index (χ4v) is 3.65. The third kappa shape index (κ3) is 3.43. The first kappa shape index (κ1) is 14.9. The largest absolute Gasteiger partial charge is 0.299 e. The van der Waals surface area contributed by atoms with E-state index in [0.29, 0.717) is 11.2 Å². The number of hydrogen-bond donors (Lipinski definition) is 1. The van der Waals surface area contributed by atoms with Crippen molar-refractivity contribution in [3.05, 3.63) is 5.01 Å². The Morgan fingerprint density at radius 3 is 2.62 bits per heavy atom. The van der Waals surface area contributed by atoms with E-state index in [0.717, 1.165) is 24.4 Å². The molecule has 1 aliphatic heterocycles. The zero-order valence-corrected chi connectivity index (χ0v) is 13.9. The van der Waals surface area contributed by atoms with Gasteiger partial charge in [-0.05, 0) is 32.2 Å². The van der Waals surface area contributed by atoms with E-state index in [1.807, 2.05) is 0 Å². The van der Waals surface area contributed by atoms with Crippen LogP contribution in [0.2, 0.25) is 0 Å². The molecule has 1 N–H and O–H groups in total. The Labute approximate surface area is 130 Å². The minimum absolute atomic E-state index is 0.0215. The smallest absolute Gasteiger partial charge is 0.243 e. The van der Waals surface area contributed by atoms with Crippen LogP contribution < -0.4 is 5.32 Å². The molecule has 0 unspecified atom stereocenters. The number of rotatable bonds is 3. The summed E-state index contributed by atoms with van der Waals surface area (Å²) in [5.74, 6) is 0.0956. The minimum Gasteiger partial charge on any atom is -0.299 e. The number of carbonyl (C=O) groups excluding carboxylic acids is 1. The summed E-state index contributed by atoms with van der Waals surface area (Å²) in [4.78, 5) is 14.9. The molecule has 1 aromatic heterocycles. The molecular weight excluding hydrogens is 284 g/mol. The summed E-state index contributed by atoms with van der Waals surface area (Å²) in [6.45, 7) is 7.38. The van der Waals surface area contributed by atoms with Crippen molar-refractivity contribution in [2.75, 3.05) is 11.9 Å². The highest BCUT2D eigenvalue weighted by Crippen LogP contribution is 2.33. The van der Waals surface area contributed by atoms with Crippen LogP contribution in [0, 0.1) is 0 Å². The first-order valence-corrected chi connectivity index (χ1v) is 8.67. The van der Waals surface area contributed by atoms with Crippen LogP contribution in [0.4, 0.5) is 5.13 Å². The normalized spacial score (nSPS) is 24.0. The molecule has 2 fully saturated rings. The van der Waals surface area contributed by atoms with Gasteiger partial charge in [-0.3, -0.25) is 15.0 Å². The number of hydrogen-bond acceptors (Lipinski definition) is 5. The monoisotopic (exact) mass is 308 g/mol. The van der Waals surface area contributed by atoms with Gasteiger partial charge < -0.3 is 0 Å². The van der Waals surface area contributed by atoms with Crippen LogP contribution in [0.1, 0.15) is 57.9 Å². The number of nitrogens with one attached hydrogen (secondary N) is 1. The first-order chi connectivity index (χ1) is 9.95. The van der Waals surface area contributed by atoms with Crippen molar-refractivity contribution < 1.29 is 4.79 Å². The van der Waals surface area contributed by atoms with Crippen molar-refractivity contribution in [2.45, 2.75) is 70.4 Å². The van der Waals surface area contributed by atoms with Gasteiger partial charge in [-0.2, -0.15) is 0 Å². The Hall–Kier alpha value is -1.01. The van der Waals surface area contributed by atoms with Crippen molar-refractivity contribution in [3.63, 3.8) is 0 Å². The fraction of sp³-hybridized carbons (Fsp3) is 0.800. The zero-order chi connectivity index (χ0) is 15.0. The van der Waals surface area contributed by atoms with Crippen LogP contribution in [-0.4, -0.2) is 39.6 Å². The van der Waals surface area contributed by atoms with E-state index in [9.17, 15) is 4.79 Å². The summed E-state index contributed by atoms with van der Waals surface area (Å²) < 4.78 is 0. The molecule has 21 heavy (non-hydrogen) atoms. The van der Waals surface area contributed by atoms with Gasteiger partial charge in [0.25, 0.3) is 0 Å². The maximum atomic E-state index is 12.6. The predicted molar refractivity (Wildman–Crippen MR) is 84.6 cm³/mol. The summed E-state index contributed by atoms with van der Waals surface area (Å²) in [7, 11) is 0. The average Bonchev–Trinajstić information content (AvgIpc) is 3.17. The second-order valence-corrected chi connectivity index (χ2v) is 8.11. The molecular formula is C15H24N4OS. The van der Waals surface area contributed by atoms with Gasteiger partial charge >= 0.3 is 0 Å². The first-order valence-electron chi connectivity index (χ1n) is 7.86. The molecule has 1 atom stereocenters. The van der Waals surface area contributed by atoms with Crippen LogP contribution in [0.25, 0.3) is 0 Å². The van der Waals surface area contributed by atoms with Gasteiger partial charge in [0.05, 0.1) is 6.04 Å². The van der Waals surface area contributed by atoms with Gasteiger partial charge in [0.15, 0.2) is 0 Å². The lowest BCUT2D eigenvalue weighted by Gasteiger charge is -2.34. The van der Waals surface area contributed by atoms with Crippen LogP contribution in [0.15, 0.2) is 0 Å². The van der Waals surface area contributed by atoms with Crippen LogP contribution in [-0.2, 0) is 10.2 Å². The van der Waals surface area contributed by atoms with Crippen molar-refractivity contribution >= 4 is 22.4 Å². The number of likely N-dealkylation sites (tertiary alicyclic amines) is 1. The van der Waals surface area contributed by atoms with Crippen molar-refractivity contribution in [1.29, 1.82) is 0 Å². The molecule has 0 bridgehead atoms. The molecule has 2 aliphatic rings. The third-order valence-corrected chi connectivity index (χ3v) is 5.42. The minimum atomic E-state index is -0.0223. The summed E-state index contributed by atoms with van der Waals surface area (Å²) in [5, 5.41) is 12.9. The molecule has 1 saturated heterocycles. The Morgan fingerprint density at radius 2 is 2.00 bits per heavy atom. The van der Waals surface area contributed by atoms with E-state index in [1.165, 1.54) is 30.6 Å². The molecule has 3 rings (SSSR count). The van der Waals surface area contributed by atoms with Crippen LogP contribution in [0.5, 0.6) is 0 Å². The lowest BCUT2D eigenvalue weighted by atomic mass is 9.98. The van der Waals surface area contributed by atoms with Crippen molar-refractivity contribution in [2.24, 2.45) is 0 Å². The molecule has 5 nitrogen and oxygen atoms in total. The van der Waals surface area contributed by atoms with E-state index in [1.54, 1.807) is 0 Å². The number of carbonyl (C=O) groups is 1. The summed E-state index contributed by atoms with van der Waals surface area (Å²) in [5.41, 5.74) is -0.0223. The third-order valence-electron chi connectivity index (χ3n) is 4.16. The maximum Gasteiger partial charge on any atom is 0.243 e. The molecule has 2 heterocycles. The highest BCUT2D eigenvalue weighted by molar-refractivity contribution is 7.15. The summed E-state index contributed by atoms with van der Waals surface area (Å²) in [6, 6.07) is 0.661. The quantitative estimate of drug-likeness (QED) is 0.933. The molecule has 6 heteroatoms.